The van der Waals surface area contributed by atoms with E-state index in [-0.39, 0.29) is 23.1 Å². The molecule has 6 N–H and O–H groups in total. The molecule has 192 valence electrons. The summed E-state index contributed by atoms with van der Waals surface area (Å²) in [6, 6.07) is 20.1. The molecule has 1 atom stereocenters. The lowest BCUT2D eigenvalue weighted by molar-refractivity contribution is -0.118. The standard InChI is InChI=1S/C26H27N5O4S2/c27-24(32)10-5-13-35-19-11-12-21-23(16-19)36-26(30-21)22(15-17-6-4-7-18(14-17)25(28)29)31-37(33,34)20-8-2-1-3-9-20/h1-4,6-9,11-12,14,16,22,31H,5,10,13,15H2,(H2,27,32)(H3,28,29). The number of ether oxygens (including phenoxy) is 1. The first-order valence-electron chi connectivity index (χ1n) is 11.5. The fourth-order valence-corrected chi connectivity index (χ4v) is 6.08. The van der Waals surface area contributed by atoms with E-state index >= 15 is 0 Å². The molecule has 0 aliphatic rings. The summed E-state index contributed by atoms with van der Waals surface area (Å²) in [7, 11) is -3.83. The van der Waals surface area contributed by atoms with Gasteiger partial charge in [-0.15, -0.1) is 11.3 Å². The van der Waals surface area contributed by atoms with Crippen LogP contribution in [0.4, 0.5) is 0 Å². The molecule has 4 rings (SSSR count). The Morgan fingerprint density at radius 1 is 1.05 bits per heavy atom. The number of carbonyl (C=O) groups is 1. The molecule has 0 saturated heterocycles. The van der Waals surface area contributed by atoms with Crippen molar-refractivity contribution >= 4 is 43.3 Å². The average molecular weight is 538 g/mol. The third kappa shape index (κ3) is 6.91. The largest absolute Gasteiger partial charge is 0.494 e. The highest BCUT2D eigenvalue weighted by atomic mass is 32.2. The maximum Gasteiger partial charge on any atom is 0.241 e. The molecular formula is C26H27N5O4S2. The Kier molecular flexibility index (Phi) is 8.17. The zero-order chi connectivity index (χ0) is 26.4. The zero-order valence-corrected chi connectivity index (χ0v) is 21.5. The maximum absolute atomic E-state index is 13.2. The summed E-state index contributed by atoms with van der Waals surface area (Å²) in [4.78, 5) is 15.8. The van der Waals surface area contributed by atoms with Crippen molar-refractivity contribution in [2.45, 2.75) is 30.2 Å². The van der Waals surface area contributed by atoms with Gasteiger partial charge in [0.25, 0.3) is 0 Å². The van der Waals surface area contributed by atoms with Gasteiger partial charge in [-0.2, -0.15) is 0 Å². The Hall–Kier alpha value is -3.80. The van der Waals surface area contributed by atoms with E-state index in [0.29, 0.717) is 41.3 Å². The SMILES string of the molecule is N=C(N)c1cccc(CC(NS(=O)(=O)c2ccccc2)c2nc3ccc(OCCCC(N)=O)cc3s2)c1. The summed E-state index contributed by atoms with van der Waals surface area (Å²) < 4.78 is 35.8. The number of primary amides is 1. The van der Waals surface area contributed by atoms with Crippen molar-refractivity contribution in [3.05, 3.63) is 88.9 Å². The van der Waals surface area contributed by atoms with E-state index in [0.717, 1.165) is 10.3 Å². The molecule has 11 heteroatoms. The molecule has 1 unspecified atom stereocenters. The van der Waals surface area contributed by atoms with Crippen LogP contribution >= 0.6 is 11.3 Å². The minimum atomic E-state index is -3.83. The minimum absolute atomic E-state index is 0.0633. The fraction of sp³-hybridized carbons (Fsp3) is 0.192. The summed E-state index contributed by atoms with van der Waals surface area (Å²) in [5.41, 5.74) is 12.9. The van der Waals surface area contributed by atoms with Crippen molar-refractivity contribution in [3.63, 3.8) is 0 Å². The van der Waals surface area contributed by atoms with Crippen molar-refractivity contribution in [2.24, 2.45) is 11.5 Å². The number of amides is 1. The van der Waals surface area contributed by atoms with E-state index in [1.165, 1.54) is 23.5 Å². The van der Waals surface area contributed by atoms with E-state index in [2.05, 4.69) is 4.72 Å². The van der Waals surface area contributed by atoms with E-state index < -0.39 is 16.1 Å². The number of nitrogens with one attached hydrogen (secondary N) is 2. The first-order chi connectivity index (χ1) is 17.7. The number of hydrogen-bond acceptors (Lipinski definition) is 7. The number of nitrogens with two attached hydrogens (primary N) is 2. The van der Waals surface area contributed by atoms with Crippen LogP contribution in [0.3, 0.4) is 0 Å². The quantitative estimate of drug-likeness (QED) is 0.123. The van der Waals surface area contributed by atoms with Gasteiger partial charge in [0.1, 0.15) is 16.6 Å². The summed E-state index contributed by atoms with van der Waals surface area (Å²) in [5.74, 6) is 0.193. The summed E-state index contributed by atoms with van der Waals surface area (Å²) in [6.45, 7) is 0.353. The predicted molar refractivity (Wildman–Crippen MR) is 144 cm³/mol. The van der Waals surface area contributed by atoms with Gasteiger partial charge in [0.05, 0.1) is 27.8 Å². The third-order valence-corrected chi connectivity index (χ3v) is 8.16. The first kappa shape index (κ1) is 26.3. The lowest BCUT2D eigenvalue weighted by Gasteiger charge is -2.17. The van der Waals surface area contributed by atoms with E-state index in [9.17, 15) is 13.2 Å². The van der Waals surface area contributed by atoms with Crippen LogP contribution in [-0.2, 0) is 21.2 Å². The number of carbonyl (C=O) groups excluding carboxylic acids is 1. The second-order valence-corrected chi connectivity index (χ2v) is 11.2. The Morgan fingerprint density at radius 3 is 2.57 bits per heavy atom. The maximum atomic E-state index is 13.2. The van der Waals surface area contributed by atoms with Gasteiger partial charge < -0.3 is 16.2 Å². The van der Waals surface area contributed by atoms with Crippen LogP contribution in [0.25, 0.3) is 10.2 Å². The lowest BCUT2D eigenvalue weighted by Crippen LogP contribution is -2.30. The highest BCUT2D eigenvalue weighted by Crippen LogP contribution is 2.32. The molecule has 0 aliphatic carbocycles. The van der Waals surface area contributed by atoms with Gasteiger partial charge >= 0.3 is 0 Å². The van der Waals surface area contributed by atoms with Gasteiger partial charge in [-0.1, -0.05) is 36.4 Å². The highest BCUT2D eigenvalue weighted by Gasteiger charge is 2.25. The molecule has 0 radical (unpaired) electrons. The number of fused-ring (bicyclic) bond motifs is 1. The number of benzene rings is 3. The molecule has 1 amide bonds. The number of rotatable bonds is 12. The van der Waals surface area contributed by atoms with Crippen LogP contribution in [0.5, 0.6) is 5.75 Å². The molecule has 1 aromatic heterocycles. The van der Waals surface area contributed by atoms with Gasteiger partial charge in [0, 0.05) is 12.0 Å². The fourth-order valence-electron chi connectivity index (χ4n) is 3.73. The molecule has 1 heterocycles. The first-order valence-corrected chi connectivity index (χ1v) is 13.8. The van der Waals surface area contributed by atoms with Crippen LogP contribution in [0, 0.1) is 5.41 Å². The van der Waals surface area contributed by atoms with E-state index in [4.69, 9.17) is 26.6 Å². The van der Waals surface area contributed by atoms with Crippen LogP contribution in [0.2, 0.25) is 0 Å². The van der Waals surface area contributed by atoms with Crippen LogP contribution in [0.1, 0.15) is 35.0 Å². The van der Waals surface area contributed by atoms with Crippen molar-refractivity contribution in [3.8, 4) is 5.75 Å². The molecule has 0 aliphatic heterocycles. The monoisotopic (exact) mass is 537 g/mol. The van der Waals surface area contributed by atoms with Gasteiger partial charge in [-0.3, -0.25) is 10.2 Å². The number of hydrogen-bond donors (Lipinski definition) is 4. The highest BCUT2D eigenvalue weighted by molar-refractivity contribution is 7.89. The van der Waals surface area contributed by atoms with Crippen molar-refractivity contribution in [1.29, 1.82) is 5.41 Å². The topological polar surface area (TPSA) is 161 Å². The Labute approximate surface area is 219 Å². The average Bonchev–Trinajstić information content (AvgIpc) is 3.30. The normalized spacial score (nSPS) is 12.3. The predicted octanol–water partition coefficient (Wildman–Crippen LogP) is 3.49. The molecule has 3 aromatic carbocycles. The molecule has 0 spiro atoms. The number of aromatic nitrogens is 1. The van der Waals surface area contributed by atoms with Gasteiger partial charge in [-0.25, -0.2) is 18.1 Å². The van der Waals surface area contributed by atoms with Crippen LogP contribution in [0.15, 0.2) is 77.7 Å². The second-order valence-electron chi connectivity index (χ2n) is 8.41. The Balaban J connectivity index is 1.64. The molecule has 0 fully saturated rings. The molecular weight excluding hydrogens is 510 g/mol. The Bertz CT molecular complexity index is 1520. The number of nitrogens with zero attached hydrogens (tertiary/aromatic N) is 1. The Morgan fingerprint density at radius 2 is 1.84 bits per heavy atom. The summed E-state index contributed by atoms with van der Waals surface area (Å²) >= 11 is 1.37. The second kappa shape index (κ2) is 11.5. The van der Waals surface area contributed by atoms with Crippen molar-refractivity contribution in [1.82, 2.24) is 9.71 Å². The zero-order valence-electron chi connectivity index (χ0n) is 19.9. The molecule has 4 aromatic rings. The van der Waals surface area contributed by atoms with Gasteiger partial charge in [-0.05, 0) is 54.8 Å². The molecule has 0 bridgehead atoms. The van der Waals surface area contributed by atoms with Crippen LogP contribution < -0.4 is 20.9 Å². The third-order valence-electron chi connectivity index (χ3n) is 5.54. The molecule has 0 saturated carbocycles. The van der Waals surface area contributed by atoms with Crippen LogP contribution in [-0.4, -0.2) is 31.8 Å². The van der Waals surface area contributed by atoms with E-state index in [1.807, 2.05) is 18.2 Å². The molecule has 9 nitrogen and oxygen atoms in total. The number of thiazole rings is 1. The lowest BCUT2D eigenvalue weighted by atomic mass is 10.0. The van der Waals surface area contributed by atoms with Crippen molar-refractivity contribution in [2.75, 3.05) is 6.61 Å². The number of amidine groups is 1. The van der Waals surface area contributed by atoms with Crippen molar-refractivity contribution < 1.29 is 17.9 Å². The molecule has 37 heavy (non-hydrogen) atoms. The number of nitrogen functional groups attached to an aromatic ring is 1. The van der Waals surface area contributed by atoms with Gasteiger partial charge in [0.15, 0.2) is 0 Å². The smallest absolute Gasteiger partial charge is 0.241 e. The summed E-state index contributed by atoms with van der Waals surface area (Å²) in [6.07, 6.45) is 1.08. The van der Waals surface area contributed by atoms with E-state index in [1.54, 1.807) is 42.5 Å². The summed E-state index contributed by atoms with van der Waals surface area (Å²) in [5, 5.41) is 8.32. The minimum Gasteiger partial charge on any atom is -0.494 e. The van der Waals surface area contributed by atoms with Gasteiger partial charge in [0.2, 0.25) is 15.9 Å². The number of sulfonamides is 1.